The van der Waals surface area contributed by atoms with Crippen molar-refractivity contribution in [2.24, 2.45) is 0 Å². The quantitative estimate of drug-likeness (QED) is 0.189. The third-order valence-electron chi connectivity index (χ3n) is 7.00. The Hall–Kier alpha value is -3.64. The Morgan fingerprint density at radius 3 is 2.40 bits per heavy atom. The number of anilines is 1. The van der Waals surface area contributed by atoms with E-state index in [1.807, 2.05) is 18.7 Å². The minimum Gasteiger partial charge on any atom is -0.379 e. The summed E-state index contributed by atoms with van der Waals surface area (Å²) in [6.07, 6.45) is -3.49. The van der Waals surface area contributed by atoms with Crippen molar-refractivity contribution in [3.8, 4) is 5.75 Å². The summed E-state index contributed by atoms with van der Waals surface area (Å²) in [7, 11) is -4.71. The van der Waals surface area contributed by atoms with Crippen LogP contribution in [0.1, 0.15) is 48.2 Å². The lowest BCUT2D eigenvalue weighted by Gasteiger charge is -2.27. The van der Waals surface area contributed by atoms with Gasteiger partial charge in [0, 0.05) is 55.7 Å². The van der Waals surface area contributed by atoms with E-state index in [9.17, 15) is 30.8 Å². The maximum absolute atomic E-state index is 14.0. The maximum Gasteiger partial charge on any atom is 0.416 e. The highest BCUT2D eigenvalue weighted by Gasteiger charge is 2.32. The van der Waals surface area contributed by atoms with Crippen molar-refractivity contribution >= 4 is 21.7 Å². The number of nitrogens with zero attached hydrogens (tertiary/aromatic N) is 2. The summed E-state index contributed by atoms with van der Waals surface area (Å²) in [5.41, 5.74) is -0.108. The molecular formula is C30H32F4N2O5S. The highest BCUT2D eigenvalue weighted by molar-refractivity contribution is 7.87. The second kappa shape index (κ2) is 13.1. The van der Waals surface area contributed by atoms with Crippen LogP contribution in [0.3, 0.4) is 0 Å². The lowest BCUT2D eigenvalue weighted by molar-refractivity contribution is -0.137. The van der Waals surface area contributed by atoms with E-state index < -0.39 is 38.5 Å². The van der Waals surface area contributed by atoms with Crippen molar-refractivity contribution in [3.05, 3.63) is 89.2 Å². The number of carbonyl (C=O) groups excluding carboxylic acids is 1. The first-order valence-electron chi connectivity index (χ1n) is 13.6. The molecule has 226 valence electrons. The van der Waals surface area contributed by atoms with Gasteiger partial charge in [-0.2, -0.15) is 21.6 Å². The number of hydrogen-bond donors (Lipinski definition) is 0. The van der Waals surface area contributed by atoms with Crippen LogP contribution in [0.25, 0.3) is 0 Å². The first kappa shape index (κ1) is 31.3. The van der Waals surface area contributed by atoms with Crippen molar-refractivity contribution in [1.29, 1.82) is 0 Å². The number of hydrogen-bond acceptors (Lipinski definition) is 6. The first-order valence-corrected chi connectivity index (χ1v) is 15.0. The number of ether oxygens (including phenoxy) is 1. The highest BCUT2D eigenvalue weighted by Crippen LogP contribution is 2.33. The molecule has 7 nitrogen and oxygen atoms in total. The van der Waals surface area contributed by atoms with E-state index in [0.29, 0.717) is 43.4 Å². The minimum atomic E-state index is -4.75. The zero-order valence-electron chi connectivity index (χ0n) is 23.2. The van der Waals surface area contributed by atoms with Gasteiger partial charge >= 0.3 is 16.3 Å². The summed E-state index contributed by atoms with van der Waals surface area (Å²) in [5.74, 6) is -1.22. The lowest BCUT2D eigenvalue weighted by Crippen LogP contribution is -2.37. The zero-order chi connectivity index (χ0) is 30.5. The summed E-state index contributed by atoms with van der Waals surface area (Å²) in [5, 5.41) is 0. The largest absolute Gasteiger partial charge is 0.416 e. The fourth-order valence-corrected chi connectivity index (χ4v) is 5.80. The molecule has 1 unspecified atom stereocenters. The van der Waals surface area contributed by atoms with Crippen LogP contribution in [0.4, 0.5) is 23.2 Å². The molecule has 0 aromatic heterocycles. The van der Waals surface area contributed by atoms with Gasteiger partial charge in [-0.15, -0.1) is 0 Å². The van der Waals surface area contributed by atoms with E-state index in [0.717, 1.165) is 30.7 Å². The van der Waals surface area contributed by atoms with Crippen LogP contribution in [-0.2, 0) is 27.6 Å². The average Bonchev–Trinajstić information content (AvgIpc) is 3.47. The minimum absolute atomic E-state index is 0.104. The predicted molar refractivity (Wildman–Crippen MR) is 149 cm³/mol. The molecule has 1 atom stereocenters. The van der Waals surface area contributed by atoms with Gasteiger partial charge in [-0.3, -0.25) is 4.79 Å². The van der Waals surface area contributed by atoms with Gasteiger partial charge < -0.3 is 18.7 Å². The van der Waals surface area contributed by atoms with Gasteiger partial charge in [-0.1, -0.05) is 18.2 Å². The molecule has 0 saturated carbocycles. The molecule has 0 radical (unpaired) electrons. The van der Waals surface area contributed by atoms with E-state index in [-0.39, 0.29) is 30.5 Å². The summed E-state index contributed by atoms with van der Waals surface area (Å²) < 4.78 is 91.6. The van der Waals surface area contributed by atoms with E-state index in [2.05, 4.69) is 0 Å². The topological polar surface area (TPSA) is 76.2 Å². The molecule has 0 N–H and O–H groups in total. The van der Waals surface area contributed by atoms with Crippen molar-refractivity contribution in [3.63, 3.8) is 0 Å². The second-order valence-corrected chi connectivity index (χ2v) is 11.4. The molecule has 1 amide bonds. The van der Waals surface area contributed by atoms with Gasteiger partial charge in [-0.25, -0.2) is 4.39 Å². The Morgan fingerprint density at radius 1 is 1.02 bits per heavy atom. The van der Waals surface area contributed by atoms with Gasteiger partial charge in [0.15, 0.2) is 0 Å². The van der Waals surface area contributed by atoms with E-state index in [1.54, 1.807) is 12.1 Å². The summed E-state index contributed by atoms with van der Waals surface area (Å²) in [6.45, 7) is 5.59. The molecule has 0 bridgehead atoms. The van der Waals surface area contributed by atoms with Crippen LogP contribution in [0, 0.1) is 5.82 Å². The van der Waals surface area contributed by atoms with Crippen molar-refractivity contribution in [1.82, 2.24) is 4.90 Å². The number of alkyl halides is 3. The molecule has 0 spiro atoms. The molecule has 1 aliphatic rings. The molecular weight excluding hydrogens is 576 g/mol. The molecule has 4 rings (SSSR count). The maximum atomic E-state index is 14.0. The van der Waals surface area contributed by atoms with E-state index >= 15 is 0 Å². The van der Waals surface area contributed by atoms with Crippen LogP contribution in [0.5, 0.6) is 5.75 Å². The Balaban J connectivity index is 1.74. The molecule has 12 heteroatoms. The summed E-state index contributed by atoms with van der Waals surface area (Å²) in [6, 6.07) is 13.4. The van der Waals surface area contributed by atoms with Crippen molar-refractivity contribution < 1.29 is 39.7 Å². The Kier molecular flexibility index (Phi) is 9.78. The molecule has 1 heterocycles. The predicted octanol–water partition coefficient (Wildman–Crippen LogP) is 6.28. The third kappa shape index (κ3) is 7.60. The van der Waals surface area contributed by atoms with Crippen molar-refractivity contribution in [2.45, 2.75) is 50.4 Å². The van der Waals surface area contributed by atoms with Crippen LogP contribution < -0.4 is 9.08 Å². The van der Waals surface area contributed by atoms with Crippen molar-refractivity contribution in [2.75, 3.05) is 31.1 Å². The number of rotatable bonds is 11. The van der Waals surface area contributed by atoms with Gasteiger partial charge in [0.05, 0.1) is 11.7 Å². The highest BCUT2D eigenvalue weighted by atomic mass is 32.2. The lowest BCUT2D eigenvalue weighted by atomic mass is 10.1. The molecule has 42 heavy (non-hydrogen) atoms. The zero-order valence-corrected chi connectivity index (χ0v) is 24.1. The van der Waals surface area contributed by atoms with Gasteiger partial charge in [0.1, 0.15) is 16.5 Å². The molecule has 1 saturated heterocycles. The Bertz CT molecular complexity index is 1500. The Morgan fingerprint density at radius 2 is 1.76 bits per heavy atom. The summed E-state index contributed by atoms with van der Waals surface area (Å²) in [4.78, 5) is 16.2. The number of amides is 1. The van der Waals surface area contributed by atoms with Crippen LogP contribution in [0.15, 0.2) is 71.6 Å². The van der Waals surface area contributed by atoms with Crippen LogP contribution in [-0.4, -0.2) is 51.6 Å². The smallest absolute Gasteiger partial charge is 0.379 e. The van der Waals surface area contributed by atoms with Crippen LogP contribution >= 0.6 is 0 Å². The normalized spacial score (nSPS) is 15.4. The molecule has 3 aromatic carbocycles. The molecule has 1 fully saturated rings. The van der Waals surface area contributed by atoms with E-state index in [4.69, 9.17) is 8.92 Å². The van der Waals surface area contributed by atoms with Gasteiger partial charge in [0.2, 0.25) is 0 Å². The number of carbonyl (C=O) groups is 1. The fourth-order valence-electron chi connectivity index (χ4n) is 4.79. The second-order valence-electron chi connectivity index (χ2n) is 9.86. The van der Waals surface area contributed by atoms with Gasteiger partial charge in [-0.05, 0) is 69.2 Å². The number of halogens is 4. The SMILES string of the molecule is CCN(CC)c1ccc(CN(CC2CCCO2)C(=O)c2cccc(F)c2)c(OS(=O)(=O)c2cccc(C(F)(F)F)c2)c1. The number of benzene rings is 3. The molecule has 3 aromatic rings. The monoisotopic (exact) mass is 608 g/mol. The molecule has 1 aliphatic heterocycles. The Labute approximate surface area is 242 Å². The average molecular weight is 609 g/mol. The van der Waals surface area contributed by atoms with Crippen LogP contribution in [0.2, 0.25) is 0 Å². The van der Waals surface area contributed by atoms with Gasteiger partial charge in [0.25, 0.3) is 5.91 Å². The summed E-state index contributed by atoms with van der Waals surface area (Å²) >= 11 is 0. The third-order valence-corrected chi connectivity index (χ3v) is 8.23. The standard InChI is InChI=1S/C30H32F4N2O5S/c1-3-35(4-2)25-14-13-22(28(18-25)41-42(38,39)27-12-6-9-23(17-27)30(32,33)34)19-36(20-26-11-7-15-40-26)29(37)21-8-5-10-24(31)16-21/h5-6,8-10,12-14,16-18,26H,3-4,7,11,15,19-20H2,1-2H3. The fraction of sp³-hybridized carbons (Fsp3) is 0.367. The first-order chi connectivity index (χ1) is 19.9. The molecule has 0 aliphatic carbocycles. The van der Waals surface area contributed by atoms with E-state index in [1.165, 1.54) is 29.2 Å².